The Morgan fingerprint density at radius 1 is 1.41 bits per heavy atom. The van der Waals surface area contributed by atoms with E-state index in [2.05, 4.69) is 9.82 Å². The van der Waals surface area contributed by atoms with Gasteiger partial charge in [0.15, 0.2) is 0 Å². The van der Waals surface area contributed by atoms with Crippen molar-refractivity contribution >= 4 is 21.6 Å². The van der Waals surface area contributed by atoms with Crippen LogP contribution in [0.25, 0.3) is 0 Å². The van der Waals surface area contributed by atoms with E-state index in [1.165, 1.54) is 0 Å². The summed E-state index contributed by atoms with van der Waals surface area (Å²) in [5.41, 5.74) is 1.12. The molecule has 0 radical (unpaired) electrons. The van der Waals surface area contributed by atoms with E-state index in [1.807, 2.05) is 0 Å². The van der Waals surface area contributed by atoms with Crippen LogP contribution in [0.4, 0.5) is 0 Å². The van der Waals surface area contributed by atoms with E-state index in [0.29, 0.717) is 17.3 Å². The van der Waals surface area contributed by atoms with E-state index >= 15 is 0 Å². The molecule has 0 atom stereocenters. The van der Waals surface area contributed by atoms with Gasteiger partial charge in [-0.2, -0.15) is 5.10 Å². The number of hydrogen-bond donors (Lipinski definition) is 1. The summed E-state index contributed by atoms with van der Waals surface area (Å²) in [6.07, 6.45) is 3.36. The Kier molecular flexibility index (Phi) is 4.73. The molecule has 0 aromatic carbocycles. The van der Waals surface area contributed by atoms with Crippen molar-refractivity contribution in [3.63, 3.8) is 0 Å². The zero-order valence-electron chi connectivity index (χ0n) is 10.1. The van der Waals surface area contributed by atoms with Gasteiger partial charge in [0.1, 0.15) is 4.90 Å². The molecule has 1 aromatic heterocycles. The first-order valence-corrected chi connectivity index (χ1v) is 7.12. The van der Waals surface area contributed by atoms with Crippen LogP contribution in [-0.2, 0) is 17.1 Å². The van der Waals surface area contributed by atoms with Crippen LogP contribution in [-0.4, -0.2) is 30.6 Å². The van der Waals surface area contributed by atoms with Crippen molar-refractivity contribution < 1.29 is 8.42 Å². The summed E-state index contributed by atoms with van der Waals surface area (Å²) in [5.74, 6) is 0.368. The van der Waals surface area contributed by atoms with E-state index in [1.54, 1.807) is 37.7 Å². The smallest absolute Gasteiger partial charge is 0.244 e. The third-order valence-electron chi connectivity index (χ3n) is 2.36. The second-order valence-corrected chi connectivity index (χ2v) is 5.61. The lowest BCUT2D eigenvalue weighted by atomic mass is 10.4. The van der Waals surface area contributed by atoms with Crippen molar-refractivity contribution in [2.75, 3.05) is 12.4 Å². The second kappa shape index (κ2) is 5.66. The molecule has 0 aliphatic heterocycles. The summed E-state index contributed by atoms with van der Waals surface area (Å²) in [6, 6.07) is 0. The van der Waals surface area contributed by atoms with E-state index in [9.17, 15) is 8.42 Å². The Bertz CT molecular complexity index is 520. The van der Waals surface area contributed by atoms with Gasteiger partial charge < -0.3 is 0 Å². The van der Waals surface area contributed by atoms with Gasteiger partial charge in [-0.1, -0.05) is 12.2 Å². The molecule has 1 rings (SSSR count). The molecule has 0 spiro atoms. The Balaban J connectivity index is 2.94. The van der Waals surface area contributed by atoms with Crippen LogP contribution in [0.3, 0.4) is 0 Å². The Hall–Kier alpha value is -0.850. The first-order valence-electron chi connectivity index (χ1n) is 5.11. The Morgan fingerprint density at radius 3 is 2.53 bits per heavy atom. The van der Waals surface area contributed by atoms with Crippen LogP contribution in [0.2, 0.25) is 0 Å². The first-order chi connectivity index (χ1) is 7.90. The molecule has 5 nitrogen and oxygen atoms in total. The monoisotopic (exact) mass is 277 g/mol. The van der Waals surface area contributed by atoms with Crippen molar-refractivity contribution in [3.05, 3.63) is 23.5 Å². The molecular weight excluding hydrogens is 262 g/mol. The molecular formula is C10H16ClN3O2S. The molecule has 0 fully saturated rings. The van der Waals surface area contributed by atoms with Gasteiger partial charge in [0.05, 0.1) is 11.4 Å². The Labute approximate surface area is 107 Å². The van der Waals surface area contributed by atoms with E-state index in [0.717, 1.165) is 0 Å². The molecule has 1 N–H and O–H groups in total. The minimum absolute atomic E-state index is 0.225. The molecule has 1 aromatic rings. The standard InChI is InChI=1S/C10H16ClN3O2S/c1-8-10(9(2)14(3)13-8)17(15,16)12-7-5-4-6-11/h4-5,12H,6-7H2,1-3H3/b5-4+. The average molecular weight is 278 g/mol. The van der Waals surface area contributed by atoms with Crippen molar-refractivity contribution in [2.24, 2.45) is 7.05 Å². The minimum Gasteiger partial charge on any atom is -0.271 e. The lowest BCUT2D eigenvalue weighted by Gasteiger charge is -2.04. The summed E-state index contributed by atoms with van der Waals surface area (Å²) in [6.45, 7) is 3.63. The number of hydrogen-bond acceptors (Lipinski definition) is 3. The summed E-state index contributed by atoms with van der Waals surface area (Å²) in [7, 11) is -1.79. The molecule has 0 amide bonds. The van der Waals surface area contributed by atoms with Crippen molar-refractivity contribution in [3.8, 4) is 0 Å². The first kappa shape index (κ1) is 14.2. The fraction of sp³-hybridized carbons (Fsp3) is 0.500. The summed E-state index contributed by atoms with van der Waals surface area (Å²) in [4.78, 5) is 0.249. The number of halogens is 1. The van der Waals surface area contributed by atoms with E-state index in [4.69, 9.17) is 11.6 Å². The number of sulfonamides is 1. The number of nitrogens with one attached hydrogen (secondary N) is 1. The highest BCUT2D eigenvalue weighted by molar-refractivity contribution is 7.89. The average Bonchev–Trinajstić information content (AvgIpc) is 2.48. The van der Waals surface area contributed by atoms with Gasteiger partial charge in [-0.05, 0) is 13.8 Å². The number of alkyl halides is 1. The summed E-state index contributed by atoms with van der Waals surface area (Å²) < 4.78 is 28.1. The van der Waals surface area contributed by atoms with Crippen LogP contribution in [0, 0.1) is 13.8 Å². The number of allylic oxidation sites excluding steroid dienone is 1. The maximum absolute atomic E-state index is 12.0. The van der Waals surface area contributed by atoms with Gasteiger partial charge in [0.25, 0.3) is 0 Å². The van der Waals surface area contributed by atoms with Gasteiger partial charge in [-0.15, -0.1) is 11.6 Å². The van der Waals surface area contributed by atoms with Crippen LogP contribution >= 0.6 is 11.6 Å². The lowest BCUT2D eigenvalue weighted by Crippen LogP contribution is -2.24. The molecule has 0 saturated carbocycles. The van der Waals surface area contributed by atoms with E-state index in [-0.39, 0.29) is 11.4 Å². The van der Waals surface area contributed by atoms with Crippen LogP contribution < -0.4 is 4.72 Å². The van der Waals surface area contributed by atoms with Crippen LogP contribution in [0.1, 0.15) is 11.4 Å². The predicted octanol–water partition coefficient (Wildman–Crippen LogP) is 1.11. The molecule has 0 saturated heterocycles. The largest absolute Gasteiger partial charge is 0.271 e. The van der Waals surface area contributed by atoms with Crippen molar-refractivity contribution in [1.82, 2.24) is 14.5 Å². The van der Waals surface area contributed by atoms with Gasteiger partial charge in [0.2, 0.25) is 10.0 Å². The maximum Gasteiger partial charge on any atom is 0.244 e. The quantitative estimate of drug-likeness (QED) is 0.648. The minimum atomic E-state index is -3.51. The van der Waals surface area contributed by atoms with E-state index < -0.39 is 10.0 Å². The highest BCUT2D eigenvalue weighted by Crippen LogP contribution is 2.17. The van der Waals surface area contributed by atoms with Crippen LogP contribution in [0.5, 0.6) is 0 Å². The normalized spacial score (nSPS) is 12.5. The zero-order valence-corrected chi connectivity index (χ0v) is 11.6. The molecule has 1 heterocycles. The molecule has 96 valence electrons. The molecule has 0 unspecified atom stereocenters. The van der Waals surface area contributed by atoms with Crippen molar-refractivity contribution in [2.45, 2.75) is 18.7 Å². The molecule has 0 aliphatic carbocycles. The number of aryl methyl sites for hydroxylation is 2. The highest BCUT2D eigenvalue weighted by atomic mass is 35.5. The summed E-state index contributed by atoms with van der Waals surface area (Å²) >= 11 is 5.44. The number of aromatic nitrogens is 2. The fourth-order valence-corrected chi connectivity index (χ4v) is 3.06. The molecule has 7 heteroatoms. The second-order valence-electron chi connectivity index (χ2n) is 3.60. The maximum atomic E-state index is 12.0. The van der Waals surface area contributed by atoms with Crippen molar-refractivity contribution in [1.29, 1.82) is 0 Å². The molecule has 17 heavy (non-hydrogen) atoms. The molecule has 0 bridgehead atoms. The lowest BCUT2D eigenvalue weighted by molar-refractivity contribution is 0.584. The topological polar surface area (TPSA) is 64.0 Å². The Morgan fingerprint density at radius 2 is 2.06 bits per heavy atom. The van der Waals surface area contributed by atoms with Gasteiger partial charge in [-0.25, -0.2) is 13.1 Å². The number of rotatable bonds is 5. The van der Waals surface area contributed by atoms with Gasteiger partial charge in [0, 0.05) is 19.5 Å². The zero-order chi connectivity index (χ0) is 13.1. The number of nitrogens with zero attached hydrogens (tertiary/aromatic N) is 2. The third kappa shape index (κ3) is 3.31. The predicted molar refractivity (Wildman–Crippen MR) is 67.7 cm³/mol. The van der Waals surface area contributed by atoms with Gasteiger partial charge >= 0.3 is 0 Å². The molecule has 0 aliphatic rings. The summed E-state index contributed by atoms with van der Waals surface area (Å²) in [5, 5.41) is 4.08. The fourth-order valence-electron chi connectivity index (χ4n) is 1.52. The third-order valence-corrected chi connectivity index (χ3v) is 4.21. The van der Waals surface area contributed by atoms with Gasteiger partial charge in [-0.3, -0.25) is 4.68 Å². The SMILES string of the molecule is Cc1nn(C)c(C)c1S(=O)(=O)NC/C=C/CCl. The highest BCUT2D eigenvalue weighted by Gasteiger charge is 2.22. The van der Waals surface area contributed by atoms with Crippen LogP contribution in [0.15, 0.2) is 17.0 Å².